The van der Waals surface area contributed by atoms with E-state index in [4.69, 9.17) is 0 Å². The Morgan fingerprint density at radius 3 is 2.69 bits per heavy atom. The fourth-order valence-corrected chi connectivity index (χ4v) is 1.55. The van der Waals surface area contributed by atoms with E-state index in [0.29, 0.717) is 12.4 Å². The lowest BCUT2D eigenvalue weighted by Crippen LogP contribution is -2.13. The van der Waals surface area contributed by atoms with Gasteiger partial charge in [-0.15, -0.1) is 0 Å². The maximum Gasteiger partial charge on any atom is 0.343 e. The summed E-state index contributed by atoms with van der Waals surface area (Å²) < 4.78 is 2.31. The second kappa shape index (κ2) is 4.52. The molecule has 0 atom stereocenters. The van der Waals surface area contributed by atoms with Gasteiger partial charge in [0.05, 0.1) is 6.54 Å². The number of hydrogen-bond acceptors (Lipinski definition) is 3. The van der Waals surface area contributed by atoms with Crippen LogP contribution in [0.2, 0.25) is 0 Å². The maximum absolute atomic E-state index is 11.1. The molecule has 1 aromatic heterocycles. The molecule has 1 heterocycles. The van der Waals surface area contributed by atoms with Crippen LogP contribution in [0, 0.1) is 0 Å². The lowest BCUT2D eigenvalue weighted by Gasteiger charge is -2.03. The molecule has 0 fully saturated rings. The molecule has 2 rings (SSSR count). The van der Waals surface area contributed by atoms with Crippen LogP contribution < -0.4 is 11.0 Å². The largest absolute Gasteiger partial charge is 0.378 e. The molecule has 0 saturated heterocycles. The Morgan fingerprint density at radius 2 is 2.12 bits per heavy atom. The number of aryl methyl sites for hydroxylation is 1. The number of H-pyrrole nitrogens is 1. The van der Waals surface area contributed by atoms with Crippen LogP contribution >= 0.6 is 15.9 Å². The van der Waals surface area contributed by atoms with Gasteiger partial charge in [-0.25, -0.2) is 9.48 Å². The summed E-state index contributed by atoms with van der Waals surface area (Å²) >= 11 is 3.36. The van der Waals surface area contributed by atoms with E-state index in [2.05, 4.69) is 31.3 Å². The number of nitrogens with one attached hydrogen (secondary N) is 2. The van der Waals surface area contributed by atoms with Gasteiger partial charge >= 0.3 is 5.69 Å². The SMILES string of the molecule is Cn1nc(CNc2ccc(Br)cc2)[nH]c1=O. The summed E-state index contributed by atoms with van der Waals surface area (Å²) in [5.41, 5.74) is 0.780. The van der Waals surface area contributed by atoms with Crippen molar-refractivity contribution >= 4 is 21.6 Å². The summed E-state index contributed by atoms with van der Waals surface area (Å²) in [7, 11) is 1.61. The van der Waals surface area contributed by atoms with Crippen molar-refractivity contribution in [2.45, 2.75) is 6.54 Å². The van der Waals surface area contributed by atoms with Crippen molar-refractivity contribution < 1.29 is 0 Å². The number of aromatic nitrogens is 3. The smallest absolute Gasteiger partial charge is 0.343 e. The molecule has 0 unspecified atom stereocenters. The monoisotopic (exact) mass is 282 g/mol. The quantitative estimate of drug-likeness (QED) is 0.897. The van der Waals surface area contributed by atoms with E-state index in [9.17, 15) is 4.79 Å². The van der Waals surface area contributed by atoms with E-state index in [1.165, 1.54) is 4.68 Å². The van der Waals surface area contributed by atoms with Crippen molar-refractivity contribution in [3.8, 4) is 0 Å². The van der Waals surface area contributed by atoms with E-state index in [1.54, 1.807) is 7.05 Å². The zero-order chi connectivity index (χ0) is 11.5. The number of aromatic amines is 1. The number of anilines is 1. The first-order chi connectivity index (χ1) is 7.65. The number of rotatable bonds is 3. The van der Waals surface area contributed by atoms with Crippen molar-refractivity contribution in [1.82, 2.24) is 14.8 Å². The predicted octanol–water partition coefficient (Wildman–Crippen LogP) is 1.48. The molecule has 2 aromatic rings. The molecule has 0 spiro atoms. The summed E-state index contributed by atoms with van der Waals surface area (Å²) in [4.78, 5) is 13.8. The van der Waals surface area contributed by atoms with Gasteiger partial charge in [-0.2, -0.15) is 5.10 Å². The molecular formula is C10H11BrN4O. The van der Waals surface area contributed by atoms with E-state index in [1.807, 2.05) is 24.3 Å². The third kappa shape index (κ3) is 2.52. The maximum atomic E-state index is 11.1. The number of nitrogens with zero attached hydrogens (tertiary/aromatic N) is 2. The first kappa shape index (κ1) is 10.9. The summed E-state index contributed by atoms with van der Waals surface area (Å²) in [5, 5.41) is 7.18. The van der Waals surface area contributed by atoms with Crippen LogP contribution in [0.15, 0.2) is 33.5 Å². The molecule has 84 valence electrons. The number of hydrogen-bond donors (Lipinski definition) is 2. The highest BCUT2D eigenvalue weighted by molar-refractivity contribution is 9.10. The van der Waals surface area contributed by atoms with Crippen molar-refractivity contribution in [2.24, 2.45) is 7.05 Å². The lowest BCUT2D eigenvalue weighted by atomic mass is 10.3. The second-order valence-electron chi connectivity index (χ2n) is 3.36. The van der Waals surface area contributed by atoms with Crippen LogP contribution in [0.25, 0.3) is 0 Å². The first-order valence-corrected chi connectivity index (χ1v) is 5.56. The first-order valence-electron chi connectivity index (χ1n) is 4.77. The van der Waals surface area contributed by atoms with Crippen LogP contribution in [-0.4, -0.2) is 14.8 Å². The normalized spacial score (nSPS) is 10.4. The Hall–Kier alpha value is -1.56. The van der Waals surface area contributed by atoms with Crippen molar-refractivity contribution in [2.75, 3.05) is 5.32 Å². The van der Waals surface area contributed by atoms with Crippen LogP contribution in [0.5, 0.6) is 0 Å². The van der Waals surface area contributed by atoms with Gasteiger partial charge in [-0.05, 0) is 24.3 Å². The minimum Gasteiger partial charge on any atom is -0.378 e. The van der Waals surface area contributed by atoms with E-state index < -0.39 is 0 Å². The highest BCUT2D eigenvalue weighted by Crippen LogP contribution is 2.14. The van der Waals surface area contributed by atoms with Gasteiger partial charge < -0.3 is 5.32 Å². The third-order valence-electron chi connectivity index (χ3n) is 2.12. The summed E-state index contributed by atoms with van der Waals surface area (Å²) in [6.45, 7) is 0.498. The Bertz CT molecular complexity index is 528. The minimum atomic E-state index is -0.201. The Morgan fingerprint density at radius 1 is 1.44 bits per heavy atom. The summed E-state index contributed by atoms with van der Waals surface area (Å²) in [5.74, 6) is 0.621. The fraction of sp³-hybridized carbons (Fsp3) is 0.200. The second-order valence-corrected chi connectivity index (χ2v) is 4.28. The van der Waals surface area contributed by atoms with Gasteiger partial charge in [0, 0.05) is 17.2 Å². The Labute approximate surface area is 101 Å². The molecule has 0 amide bonds. The highest BCUT2D eigenvalue weighted by atomic mass is 79.9. The van der Waals surface area contributed by atoms with E-state index >= 15 is 0 Å². The highest BCUT2D eigenvalue weighted by Gasteiger charge is 2.00. The number of halogens is 1. The van der Waals surface area contributed by atoms with Crippen LogP contribution in [0.1, 0.15) is 5.82 Å². The van der Waals surface area contributed by atoms with Gasteiger partial charge in [-0.3, -0.25) is 4.98 Å². The topological polar surface area (TPSA) is 62.7 Å². The van der Waals surface area contributed by atoms with E-state index in [-0.39, 0.29) is 5.69 Å². The molecule has 6 heteroatoms. The fourth-order valence-electron chi connectivity index (χ4n) is 1.29. The molecule has 0 aliphatic heterocycles. The van der Waals surface area contributed by atoms with E-state index in [0.717, 1.165) is 10.2 Å². The minimum absolute atomic E-state index is 0.201. The molecule has 1 aromatic carbocycles. The number of benzene rings is 1. The molecule has 0 aliphatic carbocycles. The van der Waals surface area contributed by atoms with Gasteiger partial charge in [0.15, 0.2) is 0 Å². The molecule has 0 bridgehead atoms. The van der Waals surface area contributed by atoms with Gasteiger partial charge in [0.2, 0.25) is 0 Å². The molecule has 16 heavy (non-hydrogen) atoms. The third-order valence-corrected chi connectivity index (χ3v) is 2.65. The molecule has 2 N–H and O–H groups in total. The predicted molar refractivity (Wildman–Crippen MR) is 65.3 cm³/mol. The lowest BCUT2D eigenvalue weighted by molar-refractivity contribution is 0.722. The van der Waals surface area contributed by atoms with Gasteiger partial charge in [-0.1, -0.05) is 15.9 Å². The zero-order valence-electron chi connectivity index (χ0n) is 8.70. The average molecular weight is 283 g/mol. The van der Waals surface area contributed by atoms with Crippen LogP contribution in [0.3, 0.4) is 0 Å². The molecule has 0 saturated carbocycles. The molecule has 0 radical (unpaired) electrons. The Kier molecular flexibility index (Phi) is 3.09. The standard InChI is InChI=1S/C10H11BrN4O/c1-15-10(16)13-9(14-15)6-12-8-4-2-7(11)3-5-8/h2-5,12H,6H2,1H3,(H,13,14,16). The average Bonchev–Trinajstić information content (AvgIpc) is 2.58. The zero-order valence-corrected chi connectivity index (χ0v) is 10.3. The van der Waals surface area contributed by atoms with Gasteiger partial charge in [0.25, 0.3) is 0 Å². The van der Waals surface area contributed by atoms with Crippen molar-refractivity contribution in [1.29, 1.82) is 0 Å². The Balaban J connectivity index is 2.02. The molecular weight excluding hydrogens is 272 g/mol. The van der Waals surface area contributed by atoms with Crippen molar-refractivity contribution in [3.63, 3.8) is 0 Å². The summed E-state index contributed by atoms with van der Waals surface area (Å²) in [6, 6.07) is 7.79. The molecule has 0 aliphatic rings. The summed E-state index contributed by atoms with van der Waals surface area (Å²) in [6.07, 6.45) is 0. The van der Waals surface area contributed by atoms with Gasteiger partial charge in [0.1, 0.15) is 5.82 Å². The van der Waals surface area contributed by atoms with Crippen LogP contribution in [-0.2, 0) is 13.6 Å². The molecule has 5 nitrogen and oxygen atoms in total. The van der Waals surface area contributed by atoms with Crippen molar-refractivity contribution in [3.05, 3.63) is 45.0 Å². The van der Waals surface area contributed by atoms with Crippen LogP contribution in [0.4, 0.5) is 5.69 Å².